The van der Waals surface area contributed by atoms with Crippen molar-refractivity contribution in [3.8, 4) is 0 Å². The van der Waals surface area contributed by atoms with Crippen LogP contribution >= 0.6 is 0 Å². The number of rotatable bonds is 0. The third kappa shape index (κ3) is 1.77. The standard InChI is InChI=1S/C19H26O2/c1-18-8-6-14-17(15(18)10-13(20)11-18)16(21)9-12-5-3-4-7-19(12,14)2/h4,7,12,14-15,17H,3,5-6,8-11H2,1-2H3/t12?,14-,15+,17-,18-,19+/m1/s1. The van der Waals surface area contributed by atoms with Gasteiger partial charge in [-0.1, -0.05) is 26.0 Å². The molecule has 4 aliphatic rings. The van der Waals surface area contributed by atoms with E-state index in [1.54, 1.807) is 0 Å². The third-order valence-electron chi connectivity index (χ3n) is 7.49. The fourth-order valence-corrected chi connectivity index (χ4v) is 6.28. The molecule has 0 amide bonds. The van der Waals surface area contributed by atoms with Crippen LogP contribution in [0.5, 0.6) is 0 Å². The van der Waals surface area contributed by atoms with Crippen LogP contribution in [-0.4, -0.2) is 11.6 Å². The van der Waals surface area contributed by atoms with Crippen molar-refractivity contribution in [1.82, 2.24) is 0 Å². The molecule has 0 aromatic heterocycles. The van der Waals surface area contributed by atoms with Gasteiger partial charge in [0.05, 0.1) is 0 Å². The second-order valence-corrected chi connectivity index (χ2v) is 8.56. The summed E-state index contributed by atoms with van der Waals surface area (Å²) in [5.41, 5.74) is 0.305. The highest BCUT2D eigenvalue weighted by Crippen LogP contribution is 2.63. The lowest BCUT2D eigenvalue weighted by molar-refractivity contribution is -0.146. The minimum absolute atomic E-state index is 0.107. The zero-order valence-corrected chi connectivity index (χ0v) is 13.2. The quantitative estimate of drug-likeness (QED) is 0.632. The SMILES string of the molecule is C[C@]12CC[C@@H]3[C@@H](C(=O)CC4CCC=C[C@@]43C)[C@@H]1CC(=O)C2. The Morgan fingerprint density at radius 2 is 1.90 bits per heavy atom. The van der Waals surface area contributed by atoms with E-state index in [1.807, 2.05) is 0 Å². The maximum absolute atomic E-state index is 12.9. The van der Waals surface area contributed by atoms with Crippen molar-refractivity contribution in [2.75, 3.05) is 0 Å². The van der Waals surface area contributed by atoms with Crippen molar-refractivity contribution in [2.45, 2.75) is 58.8 Å². The molecule has 3 saturated carbocycles. The molecule has 0 heterocycles. The van der Waals surface area contributed by atoms with E-state index < -0.39 is 0 Å². The molecule has 3 fully saturated rings. The second-order valence-electron chi connectivity index (χ2n) is 8.56. The molecule has 1 unspecified atom stereocenters. The molecule has 4 rings (SSSR count). The fourth-order valence-electron chi connectivity index (χ4n) is 6.28. The molecule has 114 valence electrons. The Balaban J connectivity index is 1.75. The predicted octanol–water partition coefficient (Wildman–Crippen LogP) is 3.94. The van der Waals surface area contributed by atoms with Crippen LogP contribution in [-0.2, 0) is 9.59 Å². The Kier molecular flexibility index (Phi) is 2.81. The molecule has 0 saturated heterocycles. The first kappa shape index (κ1) is 13.7. The maximum atomic E-state index is 12.9. The molecule has 0 spiro atoms. The van der Waals surface area contributed by atoms with Crippen LogP contribution in [0.25, 0.3) is 0 Å². The van der Waals surface area contributed by atoms with Gasteiger partial charge in [0.2, 0.25) is 0 Å². The molecule has 2 nitrogen and oxygen atoms in total. The Morgan fingerprint density at radius 3 is 2.71 bits per heavy atom. The number of carbonyl (C=O) groups is 2. The molecule has 0 radical (unpaired) electrons. The highest BCUT2D eigenvalue weighted by atomic mass is 16.1. The summed E-state index contributed by atoms with van der Waals surface area (Å²) < 4.78 is 0. The van der Waals surface area contributed by atoms with Gasteiger partial charge in [-0.3, -0.25) is 9.59 Å². The summed E-state index contributed by atoms with van der Waals surface area (Å²) in [6.07, 6.45) is 11.4. The molecule has 0 aromatic rings. The zero-order valence-electron chi connectivity index (χ0n) is 13.2. The van der Waals surface area contributed by atoms with E-state index in [0.29, 0.717) is 42.2 Å². The van der Waals surface area contributed by atoms with Gasteiger partial charge in [0, 0.05) is 25.2 Å². The van der Waals surface area contributed by atoms with Crippen molar-refractivity contribution in [2.24, 2.45) is 34.5 Å². The number of ketones is 2. The molecule has 0 bridgehead atoms. The van der Waals surface area contributed by atoms with Gasteiger partial charge in [-0.2, -0.15) is 0 Å². The van der Waals surface area contributed by atoms with Gasteiger partial charge in [-0.15, -0.1) is 0 Å². The maximum Gasteiger partial charge on any atom is 0.136 e. The van der Waals surface area contributed by atoms with E-state index in [4.69, 9.17) is 0 Å². The molecule has 0 aliphatic heterocycles. The first-order chi connectivity index (χ1) is 9.94. The van der Waals surface area contributed by atoms with Crippen LogP contribution < -0.4 is 0 Å². The normalized spacial score (nSPS) is 52.3. The largest absolute Gasteiger partial charge is 0.300 e. The second kappa shape index (κ2) is 4.30. The van der Waals surface area contributed by atoms with E-state index in [2.05, 4.69) is 26.0 Å². The number of fused-ring (bicyclic) bond motifs is 5. The van der Waals surface area contributed by atoms with E-state index in [-0.39, 0.29) is 16.7 Å². The first-order valence-electron chi connectivity index (χ1n) is 8.66. The van der Waals surface area contributed by atoms with Gasteiger partial charge in [-0.05, 0) is 54.3 Å². The van der Waals surface area contributed by atoms with Gasteiger partial charge in [0.15, 0.2) is 0 Å². The van der Waals surface area contributed by atoms with E-state index in [9.17, 15) is 9.59 Å². The lowest BCUT2D eigenvalue weighted by atomic mass is 9.46. The smallest absolute Gasteiger partial charge is 0.136 e. The lowest BCUT2D eigenvalue weighted by Gasteiger charge is -2.57. The van der Waals surface area contributed by atoms with Crippen LogP contribution in [0.4, 0.5) is 0 Å². The van der Waals surface area contributed by atoms with Crippen molar-refractivity contribution in [1.29, 1.82) is 0 Å². The molecule has 21 heavy (non-hydrogen) atoms. The van der Waals surface area contributed by atoms with Crippen LogP contribution in [0.1, 0.15) is 58.8 Å². The van der Waals surface area contributed by atoms with Crippen LogP contribution in [0.3, 0.4) is 0 Å². The van der Waals surface area contributed by atoms with Crippen molar-refractivity contribution in [3.63, 3.8) is 0 Å². The van der Waals surface area contributed by atoms with Crippen molar-refractivity contribution in [3.05, 3.63) is 12.2 Å². The first-order valence-corrected chi connectivity index (χ1v) is 8.66. The molecule has 4 aliphatic carbocycles. The number of allylic oxidation sites excluding steroid dienone is 2. The Labute approximate surface area is 127 Å². The Bertz CT molecular complexity index is 534. The number of hydrogen-bond donors (Lipinski definition) is 0. The number of carbonyl (C=O) groups excluding carboxylic acids is 2. The number of hydrogen-bond acceptors (Lipinski definition) is 2. The van der Waals surface area contributed by atoms with Gasteiger partial charge in [0.25, 0.3) is 0 Å². The summed E-state index contributed by atoms with van der Waals surface area (Å²) in [6, 6.07) is 0. The van der Waals surface area contributed by atoms with Crippen LogP contribution in [0.2, 0.25) is 0 Å². The van der Waals surface area contributed by atoms with Gasteiger partial charge < -0.3 is 0 Å². The van der Waals surface area contributed by atoms with Crippen molar-refractivity contribution >= 4 is 11.6 Å². The monoisotopic (exact) mass is 286 g/mol. The van der Waals surface area contributed by atoms with Crippen LogP contribution in [0.15, 0.2) is 12.2 Å². The highest BCUT2D eigenvalue weighted by molar-refractivity contribution is 5.87. The van der Waals surface area contributed by atoms with E-state index in [0.717, 1.165) is 25.7 Å². The predicted molar refractivity (Wildman–Crippen MR) is 81.6 cm³/mol. The minimum Gasteiger partial charge on any atom is -0.300 e. The average molecular weight is 286 g/mol. The molecule has 6 atom stereocenters. The lowest BCUT2D eigenvalue weighted by Crippen LogP contribution is -2.54. The molecular formula is C19H26O2. The summed E-state index contributed by atoms with van der Waals surface area (Å²) in [6.45, 7) is 4.65. The average Bonchev–Trinajstić information content (AvgIpc) is 2.73. The van der Waals surface area contributed by atoms with Crippen LogP contribution in [0, 0.1) is 34.5 Å². The van der Waals surface area contributed by atoms with Gasteiger partial charge in [0.1, 0.15) is 11.6 Å². The summed E-state index contributed by atoms with van der Waals surface area (Å²) in [7, 11) is 0. The van der Waals surface area contributed by atoms with Gasteiger partial charge in [-0.25, -0.2) is 0 Å². The van der Waals surface area contributed by atoms with Gasteiger partial charge >= 0.3 is 0 Å². The minimum atomic E-state index is 0.107. The molecule has 2 heteroatoms. The molecule has 0 N–H and O–H groups in total. The number of Topliss-reactive ketones (excluding diaryl/α,β-unsaturated/α-hetero) is 2. The summed E-state index contributed by atoms with van der Waals surface area (Å²) >= 11 is 0. The molecular weight excluding hydrogens is 260 g/mol. The fraction of sp³-hybridized carbons (Fsp3) is 0.789. The Morgan fingerprint density at radius 1 is 1.10 bits per heavy atom. The highest BCUT2D eigenvalue weighted by Gasteiger charge is 2.60. The van der Waals surface area contributed by atoms with E-state index in [1.165, 1.54) is 6.42 Å². The topological polar surface area (TPSA) is 34.1 Å². The zero-order chi connectivity index (χ0) is 14.8. The summed E-state index contributed by atoms with van der Waals surface area (Å²) in [5.74, 6) is 2.36. The summed E-state index contributed by atoms with van der Waals surface area (Å²) in [5, 5.41) is 0. The van der Waals surface area contributed by atoms with E-state index >= 15 is 0 Å². The summed E-state index contributed by atoms with van der Waals surface area (Å²) in [4.78, 5) is 24.9. The Hall–Kier alpha value is -0.920. The third-order valence-corrected chi connectivity index (χ3v) is 7.49. The van der Waals surface area contributed by atoms with Crippen molar-refractivity contribution < 1.29 is 9.59 Å². The molecule has 0 aromatic carbocycles.